The van der Waals surface area contributed by atoms with Crippen molar-refractivity contribution in [1.82, 2.24) is 14.7 Å². The largest absolute Gasteiger partial charge is 0.379 e. The van der Waals surface area contributed by atoms with Crippen molar-refractivity contribution in [3.05, 3.63) is 0 Å². The first kappa shape index (κ1) is 18.1. The van der Waals surface area contributed by atoms with Crippen molar-refractivity contribution in [2.45, 2.75) is 0 Å². The monoisotopic (exact) mass is 355 g/mol. The van der Waals surface area contributed by atoms with Crippen LogP contribution in [0.4, 0.5) is 0 Å². The summed E-state index contributed by atoms with van der Waals surface area (Å²) < 4.78 is 20.3. The number of hydrogen-bond donors (Lipinski definition) is 2. The second-order valence-corrected chi connectivity index (χ2v) is 11.2. The second kappa shape index (κ2) is 9.80. The van der Waals surface area contributed by atoms with Crippen LogP contribution in [0.1, 0.15) is 0 Å². The first-order chi connectivity index (χ1) is 10.2. The lowest BCUT2D eigenvalue weighted by molar-refractivity contribution is 0.0598. The van der Waals surface area contributed by atoms with Crippen molar-refractivity contribution >= 4 is 29.6 Å². The molecule has 0 saturated carbocycles. The Bertz CT molecular complexity index is 302. The Morgan fingerprint density at radius 2 is 1.14 bits per heavy atom. The van der Waals surface area contributed by atoms with Gasteiger partial charge >= 0.3 is 0 Å². The third-order valence-electron chi connectivity index (χ3n) is 3.56. The van der Waals surface area contributed by atoms with Gasteiger partial charge in [-0.3, -0.25) is 9.34 Å². The number of morpholine rings is 3. The van der Waals surface area contributed by atoms with Crippen LogP contribution >= 0.6 is 17.8 Å². The summed E-state index contributed by atoms with van der Waals surface area (Å²) in [6.07, 6.45) is 0. The van der Waals surface area contributed by atoms with Crippen LogP contribution in [0.25, 0.3) is 0 Å². The van der Waals surface area contributed by atoms with E-state index in [2.05, 4.69) is 14.7 Å². The smallest absolute Gasteiger partial charge is 0.129 e. The maximum Gasteiger partial charge on any atom is 0.129 e. The normalized spacial score (nSPS) is 26.0. The molecule has 1 N–H and O–H groups in total. The van der Waals surface area contributed by atoms with E-state index < -0.39 is 5.54 Å². The number of hydrogen-bond acceptors (Lipinski definition) is 5. The summed E-state index contributed by atoms with van der Waals surface area (Å²) in [6, 6.07) is 0. The van der Waals surface area contributed by atoms with Crippen LogP contribution in [0.15, 0.2) is 0 Å². The van der Waals surface area contributed by atoms with Gasteiger partial charge in [0.15, 0.2) is 0 Å². The Kier molecular flexibility index (Phi) is 8.45. The fraction of sp³-hybridized carbons (Fsp3) is 1.00. The highest BCUT2D eigenvalue weighted by Crippen LogP contribution is 2.58. The highest BCUT2D eigenvalue weighted by Gasteiger charge is 2.31. The lowest BCUT2D eigenvalue weighted by atomic mass is 10.5. The number of nitrogens with one attached hydrogen (secondary N) is 1. The molecule has 9 heteroatoms. The zero-order chi connectivity index (χ0) is 15.0. The maximum absolute atomic E-state index is 5.70. The topological polar surface area (TPSA) is 46.2 Å². The van der Waals surface area contributed by atoms with E-state index in [1.165, 1.54) is 0 Å². The van der Waals surface area contributed by atoms with E-state index in [1.807, 2.05) is 0 Å². The summed E-state index contributed by atoms with van der Waals surface area (Å²) in [7, 11) is 0. The molecule has 0 aliphatic carbocycles. The Hall–Kier alpha value is 0.760. The van der Waals surface area contributed by atoms with Gasteiger partial charge in [-0.25, -0.2) is 0 Å². The molecule has 6 nitrogen and oxygen atoms in total. The minimum atomic E-state index is -1.81. The minimum absolute atomic E-state index is 0.781. The van der Waals surface area contributed by atoms with Gasteiger partial charge in [-0.2, -0.15) is 0 Å². The average Bonchev–Trinajstić information content (AvgIpc) is 2.59. The molecule has 0 unspecified atom stereocenters. The number of thiol groups is 1. The van der Waals surface area contributed by atoms with Gasteiger partial charge in [-0.15, -0.1) is 12.2 Å². The molecule has 124 valence electrons. The highest BCUT2D eigenvalue weighted by molar-refractivity contribution is 8.61. The van der Waals surface area contributed by atoms with E-state index >= 15 is 0 Å². The third-order valence-corrected chi connectivity index (χ3v) is 8.74. The second-order valence-electron chi connectivity index (χ2n) is 5.01. The Labute approximate surface area is 137 Å². The molecule has 0 atom stereocenters. The first-order valence-corrected chi connectivity index (χ1v) is 11.3. The summed E-state index contributed by atoms with van der Waals surface area (Å²) >= 11 is 10.4. The average molecular weight is 355 g/mol. The van der Waals surface area contributed by atoms with Gasteiger partial charge in [0.2, 0.25) is 0 Å². The predicted molar refractivity (Wildman–Crippen MR) is 91.7 cm³/mol. The van der Waals surface area contributed by atoms with Crippen molar-refractivity contribution in [2.24, 2.45) is 0 Å². The summed E-state index contributed by atoms with van der Waals surface area (Å²) in [4.78, 5) is 0. The van der Waals surface area contributed by atoms with Gasteiger partial charge in [0.05, 0.1) is 39.6 Å². The van der Waals surface area contributed by atoms with E-state index in [0.29, 0.717) is 0 Å². The fourth-order valence-corrected chi connectivity index (χ4v) is 6.10. The number of rotatable bonds is 2. The molecule has 0 aromatic rings. The van der Waals surface area contributed by atoms with E-state index in [4.69, 9.17) is 38.3 Å². The molecule has 3 aliphatic rings. The molecule has 0 radical (unpaired) electrons. The molecule has 0 spiro atoms. The van der Waals surface area contributed by atoms with Gasteiger partial charge in [-0.05, 0) is 0 Å². The van der Waals surface area contributed by atoms with Gasteiger partial charge < -0.3 is 19.5 Å². The van der Waals surface area contributed by atoms with Crippen LogP contribution in [-0.2, 0) is 26.0 Å². The van der Waals surface area contributed by atoms with Crippen LogP contribution in [0.2, 0.25) is 0 Å². The molecule has 21 heavy (non-hydrogen) atoms. The zero-order valence-corrected chi connectivity index (χ0v) is 15.0. The van der Waals surface area contributed by atoms with Crippen LogP contribution in [0, 0.1) is 0 Å². The van der Waals surface area contributed by atoms with Crippen molar-refractivity contribution in [2.75, 3.05) is 78.9 Å². The first-order valence-electron chi connectivity index (χ1n) is 7.49. The maximum atomic E-state index is 5.70. The molecular formula is C12H26N3O3PS2. The van der Waals surface area contributed by atoms with Crippen LogP contribution in [0.3, 0.4) is 0 Å². The van der Waals surface area contributed by atoms with Crippen LogP contribution in [-0.4, -0.2) is 88.3 Å². The molecule has 0 aromatic carbocycles. The number of nitrogens with zero attached hydrogens (tertiary/aromatic N) is 2. The predicted octanol–water partition coefficient (Wildman–Crippen LogP) is 0.411. The summed E-state index contributed by atoms with van der Waals surface area (Å²) in [5, 5.41) is 3.16. The number of ether oxygens (including phenoxy) is 3. The summed E-state index contributed by atoms with van der Waals surface area (Å²) in [5.41, 5.74) is -1.81. The van der Waals surface area contributed by atoms with Crippen molar-refractivity contribution < 1.29 is 14.2 Å². The van der Waals surface area contributed by atoms with E-state index in [-0.39, 0.29) is 0 Å². The molecule has 0 aromatic heterocycles. The molecule has 3 saturated heterocycles. The van der Waals surface area contributed by atoms with Gasteiger partial charge in [0, 0.05) is 39.3 Å². The van der Waals surface area contributed by atoms with Crippen LogP contribution < -0.4 is 5.32 Å². The summed E-state index contributed by atoms with van der Waals surface area (Å²) in [6.45, 7) is 10.6. The Balaban J connectivity index is 0.000000225. The molecule has 0 bridgehead atoms. The van der Waals surface area contributed by atoms with Gasteiger partial charge in [0.25, 0.3) is 0 Å². The van der Waals surface area contributed by atoms with E-state index in [1.54, 1.807) is 0 Å². The van der Waals surface area contributed by atoms with Gasteiger partial charge in [-0.1, -0.05) is 11.8 Å². The molecule has 3 aliphatic heterocycles. The van der Waals surface area contributed by atoms with Crippen molar-refractivity contribution in [1.29, 1.82) is 0 Å². The van der Waals surface area contributed by atoms with Gasteiger partial charge in [0.1, 0.15) is 5.54 Å². The lowest BCUT2D eigenvalue weighted by Gasteiger charge is -2.42. The zero-order valence-electron chi connectivity index (χ0n) is 12.4. The fourth-order valence-electron chi connectivity index (χ4n) is 2.32. The van der Waals surface area contributed by atoms with Crippen molar-refractivity contribution in [3.63, 3.8) is 0 Å². The SMILES string of the molecule is C1COCCN1.S=P(S)(N1CCOCC1)N1CCOCC1. The van der Waals surface area contributed by atoms with E-state index in [0.717, 1.165) is 78.9 Å². The highest BCUT2D eigenvalue weighted by atomic mass is 32.9. The molecule has 3 heterocycles. The van der Waals surface area contributed by atoms with Crippen LogP contribution in [0.5, 0.6) is 0 Å². The lowest BCUT2D eigenvalue weighted by Crippen LogP contribution is -2.41. The quantitative estimate of drug-likeness (QED) is 0.550. The Morgan fingerprint density at radius 1 is 0.762 bits per heavy atom. The minimum Gasteiger partial charge on any atom is -0.379 e. The van der Waals surface area contributed by atoms with Crippen molar-refractivity contribution in [3.8, 4) is 0 Å². The van der Waals surface area contributed by atoms with E-state index in [9.17, 15) is 0 Å². The molecular weight excluding hydrogens is 329 g/mol. The molecule has 3 rings (SSSR count). The third kappa shape index (κ3) is 6.05. The molecule has 3 fully saturated rings. The summed E-state index contributed by atoms with van der Waals surface area (Å²) in [5.74, 6) is 0. The Morgan fingerprint density at radius 3 is 1.43 bits per heavy atom. The standard InChI is InChI=1S/C8H17N2O2PS2.C4H9NO/c14-13(15,9-1-5-11-6-2-9)10-3-7-12-8-4-10;1-3-6-4-2-5-1/h1-8H2,(H,14,15);5H,1-4H2. The molecule has 0 amide bonds.